The molecule has 0 aliphatic carbocycles. The summed E-state index contributed by atoms with van der Waals surface area (Å²) in [5.74, 6) is 2.65. The fourth-order valence-electron chi connectivity index (χ4n) is 3.73. The number of hydrogen-bond donors (Lipinski definition) is 2. The molecule has 9 nitrogen and oxygen atoms in total. The van der Waals surface area contributed by atoms with Gasteiger partial charge in [0.25, 0.3) is 11.9 Å². The molecule has 180 valence electrons. The van der Waals surface area contributed by atoms with Crippen molar-refractivity contribution in [2.45, 2.75) is 25.9 Å². The van der Waals surface area contributed by atoms with E-state index >= 15 is 0 Å². The third-order valence-corrected chi connectivity index (χ3v) is 5.67. The Balaban J connectivity index is 1.78. The van der Waals surface area contributed by atoms with Crippen LogP contribution in [-0.4, -0.2) is 22.1 Å². The summed E-state index contributed by atoms with van der Waals surface area (Å²) in [4.78, 5) is 32.3. The van der Waals surface area contributed by atoms with Crippen molar-refractivity contribution < 1.29 is 18.4 Å². The van der Waals surface area contributed by atoms with Crippen LogP contribution in [0.2, 0.25) is 5.02 Å². The Labute approximate surface area is 197 Å². The second kappa shape index (κ2) is 9.84. The second-order valence-electron chi connectivity index (χ2n) is 7.64. The van der Waals surface area contributed by atoms with Gasteiger partial charge in [-0.3, -0.25) is 13.9 Å². The molecule has 1 atom stereocenters. The van der Waals surface area contributed by atoms with Crippen LogP contribution in [0.4, 0.5) is 20.3 Å². The molecule has 4 rings (SSSR count). The monoisotopic (exact) mass is 493 g/mol. The first-order chi connectivity index (χ1) is 16.3. The van der Waals surface area contributed by atoms with Crippen LogP contribution in [0.3, 0.4) is 0 Å². The van der Waals surface area contributed by atoms with E-state index in [-0.39, 0.29) is 37.0 Å². The molecule has 12 heteroatoms. The largest absolute Gasteiger partial charge is 0.449 e. The zero-order valence-corrected chi connectivity index (χ0v) is 18.9. The van der Waals surface area contributed by atoms with Crippen molar-refractivity contribution in [3.05, 3.63) is 85.5 Å². The van der Waals surface area contributed by atoms with Crippen LogP contribution in [0.5, 0.6) is 5.75 Å². The lowest BCUT2D eigenvalue weighted by atomic mass is 10.2. The van der Waals surface area contributed by atoms with Gasteiger partial charge in [-0.25, -0.2) is 15.1 Å². The van der Waals surface area contributed by atoms with Crippen LogP contribution in [0.1, 0.15) is 12.0 Å². The van der Waals surface area contributed by atoms with Gasteiger partial charge in [-0.1, -0.05) is 29.8 Å². The minimum Gasteiger partial charge on any atom is -0.449 e. The molecular weight excluding hydrogens is 472 g/mol. The predicted molar refractivity (Wildman–Crippen MR) is 123 cm³/mol. The molecule has 1 aliphatic heterocycles. The van der Waals surface area contributed by atoms with Gasteiger partial charge < -0.3 is 19.8 Å². The number of hydrogen-bond acceptors (Lipinski definition) is 7. The zero-order valence-electron chi connectivity index (χ0n) is 18.1. The predicted octanol–water partition coefficient (Wildman–Crippen LogP) is 2.55. The molecule has 1 aromatic heterocycles. The van der Waals surface area contributed by atoms with E-state index in [1.807, 2.05) is 0 Å². The smallest absolute Gasteiger partial charge is 0.332 e. The van der Waals surface area contributed by atoms with Crippen LogP contribution in [0.25, 0.3) is 0 Å². The summed E-state index contributed by atoms with van der Waals surface area (Å²) in [5.41, 5.74) is -0.212. The average Bonchev–Trinajstić information content (AvgIpc) is 3.17. The van der Waals surface area contributed by atoms with Crippen LogP contribution < -0.4 is 32.1 Å². The normalized spacial score (nSPS) is 14.7. The fourth-order valence-corrected chi connectivity index (χ4v) is 3.85. The van der Waals surface area contributed by atoms with Crippen molar-refractivity contribution in [1.82, 2.24) is 9.13 Å². The van der Waals surface area contributed by atoms with Crippen molar-refractivity contribution in [3.8, 4) is 5.75 Å². The summed E-state index contributed by atoms with van der Waals surface area (Å²) in [7, 11) is 1.50. The number of nitrogens with zero attached hydrogens (tertiary/aromatic N) is 3. The van der Waals surface area contributed by atoms with Gasteiger partial charge in [0.05, 0.1) is 6.61 Å². The zero-order chi connectivity index (χ0) is 24.4. The van der Waals surface area contributed by atoms with E-state index in [0.717, 1.165) is 16.2 Å². The molecule has 0 saturated heterocycles. The molecule has 0 radical (unpaired) electrons. The molecule has 1 unspecified atom stereocenters. The van der Waals surface area contributed by atoms with Crippen LogP contribution in [-0.2, 0) is 25.0 Å². The SMILES string of the molecule is Cn1c2c(c(=O)n(CCCON)c1=O)N(Cc1ccc(Cl)cc1)C(Oc1cccc(F)c1F)N2. The van der Waals surface area contributed by atoms with Crippen molar-refractivity contribution in [2.24, 2.45) is 12.9 Å². The third-order valence-electron chi connectivity index (χ3n) is 5.42. The highest BCUT2D eigenvalue weighted by Crippen LogP contribution is 2.33. The minimum atomic E-state index is -1.17. The maximum absolute atomic E-state index is 14.3. The van der Waals surface area contributed by atoms with Gasteiger partial charge in [0, 0.05) is 25.2 Å². The number of nitrogens with one attached hydrogen (secondary N) is 1. The van der Waals surface area contributed by atoms with E-state index in [4.69, 9.17) is 22.2 Å². The minimum absolute atomic E-state index is 0.0782. The number of ether oxygens (including phenoxy) is 1. The molecule has 0 saturated carbocycles. The molecule has 0 bridgehead atoms. The van der Waals surface area contributed by atoms with E-state index in [2.05, 4.69) is 10.2 Å². The van der Waals surface area contributed by atoms with Gasteiger partial charge in [0.1, 0.15) is 11.5 Å². The summed E-state index contributed by atoms with van der Waals surface area (Å²) >= 11 is 5.98. The van der Waals surface area contributed by atoms with Gasteiger partial charge in [0.15, 0.2) is 11.6 Å². The lowest BCUT2D eigenvalue weighted by molar-refractivity contribution is 0.131. The lowest BCUT2D eigenvalue weighted by Crippen LogP contribution is -2.43. The molecular formula is C22H22ClF2N5O4. The first-order valence-electron chi connectivity index (χ1n) is 10.4. The third kappa shape index (κ3) is 4.49. The Kier molecular flexibility index (Phi) is 6.87. The number of nitrogens with two attached hydrogens (primary N) is 1. The van der Waals surface area contributed by atoms with E-state index in [0.29, 0.717) is 11.4 Å². The van der Waals surface area contributed by atoms with Crippen LogP contribution >= 0.6 is 11.6 Å². The summed E-state index contributed by atoms with van der Waals surface area (Å²) in [6.07, 6.45) is -0.771. The topological polar surface area (TPSA) is 104 Å². The number of halogens is 3. The highest BCUT2D eigenvalue weighted by molar-refractivity contribution is 6.30. The molecule has 34 heavy (non-hydrogen) atoms. The highest BCUT2D eigenvalue weighted by atomic mass is 35.5. The molecule has 0 amide bonds. The summed E-state index contributed by atoms with van der Waals surface area (Å²) in [6, 6.07) is 10.5. The molecule has 2 heterocycles. The quantitative estimate of drug-likeness (QED) is 0.367. The summed E-state index contributed by atoms with van der Waals surface area (Å²) in [5, 5.41) is 3.48. The first kappa shape index (κ1) is 23.7. The van der Waals surface area contributed by atoms with Gasteiger partial charge in [0.2, 0.25) is 5.82 Å². The van der Waals surface area contributed by atoms with E-state index in [1.54, 1.807) is 29.2 Å². The standard InChI is InChI=1S/C22H22ClF2N5O4/c1-28-19-18(20(31)29(22(28)32)10-3-11-33-26)30(12-13-6-8-14(23)9-7-13)21(27-19)34-16-5-2-4-15(24)17(16)25/h2,4-9,21,27H,3,10-12,26H2,1H3. The Morgan fingerprint density at radius 3 is 2.59 bits per heavy atom. The van der Waals surface area contributed by atoms with Gasteiger partial charge in [-0.2, -0.15) is 4.39 Å². The first-order valence-corrected chi connectivity index (χ1v) is 10.7. The molecule has 2 aromatic carbocycles. The van der Waals surface area contributed by atoms with Crippen molar-refractivity contribution in [2.75, 3.05) is 16.8 Å². The van der Waals surface area contributed by atoms with Crippen molar-refractivity contribution in [1.29, 1.82) is 0 Å². The Morgan fingerprint density at radius 2 is 1.88 bits per heavy atom. The van der Waals surface area contributed by atoms with Crippen molar-refractivity contribution in [3.63, 3.8) is 0 Å². The van der Waals surface area contributed by atoms with Gasteiger partial charge >= 0.3 is 5.69 Å². The van der Waals surface area contributed by atoms with Crippen molar-refractivity contribution >= 4 is 23.1 Å². The molecule has 0 fully saturated rings. The Morgan fingerprint density at radius 1 is 1.15 bits per heavy atom. The molecule has 3 aromatic rings. The highest BCUT2D eigenvalue weighted by Gasteiger charge is 2.37. The lowest BCUT2D eigenvalue weighted by Gasteiger charge is -2.26. The maximum Gasteiger partial charge on any atom is 0.332 e. The second-order valence-corrected chi connectivity index (χ2v) is 8.08. The number of rotatable bonds is 8. The summed E-state index contributed by atoms with van der Waals surface area (Å²) in [6.45, 7) is 0.386. The Bertz CT molecular complexity index is 1310. The van der Waals surface area contributed by atoms with Gasteiger partial charge in [-0.05, 0) is 36.2 Å². The summed E-state index contributed by atoms with van der Waals surface area (Å²) < 4.78 is 36.2. The van der Waals surface area contributed by atoms with E-state index in [9.17, 15) is 18.4 Å². The molecule has 0 spiro atoms. The van der Waals surface area contributed by atoms with Crippen LogP contribution in [0, 0.1) is 11.6 Å². The van der Waals surface area contributed by atoms with Crippen LogP contribution in [0.15, 0.2) is 52.1 Å². The number of benzene rings is 2. The maximum atomic E-state index is 14.3. The fraction of sp³-hybridized carbons (Fsp3) is 0.273. The number of fused-ring (bicyclic) bond motifs is 1. The molecule has 3 N–H and O–H groups in total. The Hall–Kier alpha value is -3.41. The van der Waals surface area contributed by atoms with E-state index < -0.39 is 29.2 Å². The number of aromatic nitrogens is 2. The molecule has 1 aliphatic rings. The number of anilines is 2. The average molecular weight is 494 g/mol. The van der Waals surface area contributed by atoms with E-state index in [1.165, 1.54) is 23.7 Å². The van der Waals surface area contributed by atoms with Gasteiger partial charge in [-0.15, -0.1) is 0 Å².